The summed E-state index contributed by atoms with van der Waals surface area (Å²) in [7, 11) is -3.60. The molecule has 0 aliphatic heterocycles. The summed E-state index contributed by atoms with van der Waals surface area (Å²) in [5.74, 6) is 0. The molecule has 0 aliphatic carbocycles. The lowest BCUT2D eigenvalue weighted by atomic mass is 10.1. The fourth-order valence-corrected chi connectivity index (χ4v) is 5.59. The smallest absolute Gasteiger partial charge is 0.240 e. The summed E-state index contributed by atoms with van der Waals surface area (Å²) in [6.45, 7) is 0.772. The Hall–Kier alpha value is -3.94. The molecule has 0 unspecified atom stereocenters. The summed E-state index contributed by atoms with van der Waals surface area (Å²) in [6, 6.07) is 28.8. The number of nitrogens with one attached hydrogen (secondary N) is 2. The van der Waals surface area contributed by atoms with Gasteiger partial charge < -0.3 is 9.40 Å². The van der Waals surface area contributed by atoms with Crippen LogP contribution in [0.2, 0.25) is 0 Å². The van der Waals surface area contributed by atoms with E-state index in [1.165, 1.54) is 0 Å². The van der Waals surface area contributed by atoms with Gasteiger partial charge in [-0.05, 0) is 47.5 Å². The number of nitrogens with zero attached hydrogens (tertiary/aromatic N) is 1. The third-order valence-electron chi connectivity index (χ3n) is 6.19. The number of hydrogen-bond acceptors (Lipinski definition) is 4. The number of rotatable bonds is 6. The molecule has 2 heterocycles. The number of sulfonamides is 1. The molecule has 7 heteroatoms. The molecule has 6 aromatic rings. The third-order valence-corrected chi connectivity index (χ3v) is 7.65. The van der Waals surface area contributed by atoms with Gasteiger partial charge in [-0.15, -0.1) is 0 Å². The van der Waals surface area contributed by atoms with Gasteiger partial charge >= 0.3 is 0 Å². The lowest BCUT2D eigenvalue weighted by Crippen LogP contribution is -2.25. The van der Waals surface area contributed by atoms with Gasteiger partial charge in [-0.2, -0.15) is 0 Å². The van der Waals surface area contributed by atoms with E-state index in [9.17, 15) is 8.42 Å². The molecule has 0 aliphatic rings. The Kier molecular flexibility index (Phi) is 5.36. The molecule has 6 rings (SSSR count). The quantitative estimate of drug-likeness (QED) is 0.308. The Balaban J connectivity index is 1.27. The molecule has 0 bridgehead atoms. The molecule has 0 saturated heterocycles. The van der Waals surface area contributed by atoms with Gasteiger partial charge in [0.05, 0.1) is 15.6 Å². The highest BCUT2D eigenvalue weighted by atomic mass is 32.2. The molecule has 0 amide bonds. The summed E-state index contributed by atoms with van der Waals surface area (Å²) in [4.78, 5) is 8.52. The van der Waals surface area contributed by atoms with Gasteiger partial charge in [-0.1, -0.05) is 60.7 Å². The van der Waals surface area contributed by atoms with Gasteiger partial charge in [-0.25, -0.2) is 13.1 Å². The van der Waals surface area contributed by atoms with Crippen LogP contribution in [0.3, 0.4) is 0 Å². The topological polar surface area (TPSA) is 87.5 Å². The molecule has 174 valence electrons. The van der Waals surface area contributed by atoms with E-state index in [1.54, 1.807) is 12.1 Å². The first-order chi connectivity index (χ1) is 17.1. The second-order valence-electron chi connectivity index (χ2n) is 8.46. The summed E-state index contributed by atoms with van der Waals surface area (Å²) >= 11 is 0. The summed E-state index contributed by atoms with van der Waals surface area (Å²) < 4.78 is 34.5. The van der Waals surface area contributed by atoms with Crippen molar-refractivity contribution in [2.75, 3.05) is 13.1 Å². The zero-order chi connectivity index (χ0) is 23.8. The first kappa shape index (κ1) is 21.6. The van der Waals surface area contributed by atoms with Crippen LogP contribution in [0.25, 0.3) is 43.7 Å². The van der Waals surface area contributed by atoms with Crippen molar-refractivity contribution in [3.05, 3.63) is 96.4 Å². The SMILES string of the molecule is O=S(=O)(NCCCN=c1c2ccccc2oc2[nH]c3ccccc3c12)c1ccc2ccccc2c1. The minimum Gasteiger partial charge on any atom is -0.440 e. The number of H-pyrrole nitrogens is 1. The number of hydrogen-bond donors (Lipinski definition) is 2. The van der Waals surface area contributed by atoms with Gasteiger partial charge in [0.1, 0.15) is 5.58 Å². The maximum absolute atomic E-state index is 12.8. The predicted molar refractivity (Wildman–Crippen MR) is 140 cm³/mol. The van der Waals surface area contributed by atoms with E-state index in [2.05, 4.69) is 15.8 Å². The minimum absolute atomic E-state index is 0.268. The van der Waals surface area contributed by atoms with Crippen molar-refractivity contribution in [2.24, 2.45) is 4.99 Å². The molecule has 0 atom stereocenters. The van der Waals surface area contributed by atoms with Crippen molar-refractivity contribution < 1.29 is 12.8 Å². The van der Waals surface area contributed by atoms with E-state index in [-0.39, 0.29) is 4.90 Å². The van der Waals surface area contributed by atoms with E-state index >= 15 is 0 Å². The van der Waals surface area contributed by atoms with Gasteiger partial charge in [0.25, 0.3) is 0 Å². The lowest BCUT2D eigenvalue weighted by Gasteiger charge is -2.07. The van der Waals surface area contributed by atoms with Crippen molar-refractivity contribution in [2.45, 2.75) is 11.3 Å². The number of benzene rings is 4. The molecule has 6 nitrogen and oxygen atoms in total. The summed E-state index contributed by atoms with van der Waals surface area (Å²) in [5.41, 5.74) is 2.42. The average molecular weight is 482 g/mol. The maximum Gasteiger partial charge on any atom is 0.240 e. The normalized spacial score (nSPS) is 12.9. The van der Waals surface area contributed by atoms with Crippen molar-refractivity contribution in [1.29, 1.82) is 0 Å². The highest BCUT2D eigenvalue weighted by Crippen LogP contribution is 2.26. The van der Waals surface area contributed by atoms with Gasteiger partial charge in [-0.3, -0.25) is 4.99 Å². The van der Waals surface area contributed by atoms with Crippen LogP contribution < -0.4 is 10.1 Å². The van der Waals surface area contributed by atoms with E-state index in [4.69, 9.17) is 9.41 Å². The average Bonchev–Trinajstić information content (AvgIpc) is 3.25. The van der Waals surface area contributed by atoms with Crippen LogP contribution in [0, 0.1) is 0 Å². The molecule has 4 aromatic carbocycles. The van der Waals surface area contributed by atoms with Crippen molar-refractivity contribution in [3.8, 4) is 0 Å². The molecule has 0 fully saturated rings. The summed E-state index contributed by atoms with van der Waals surface area (Å²) in [5, 5.41) is 5.69. The van der Waals surface area contributed by atoms with Gasteiger partial charge in [0.2, 0.25) is 15.7 Å². The molecule has 0 saturated carbocycles. The maximum atomic E-state index is 12.8. The fourth-order valence-electron chi connectivity index (χ4n) is 4.48. The Morgan fingerprint density at radius 3 is 2.46 bits per heavy atom. The van der Waals surface area contributed by atoms with Crippen LogP contribution in [0.5, 0.6) is 0 Å². The first-order valence-electron chi connectivity index (χ1n) is 11.5. The standard InChI is InChI=1S/C28H23N3O3S/c32-35(33,21-15-14-19-8-1-2-9-20(19)18-21)30-17-7-16-29-27-23-11-4-6-13-25(23)34-28-26(27)22-10-3-5-12-24(22)31-28/h1-6,8-15,18,30-31H,7,16-17H2. The monoisotopic (exact) mass is 481 g/mol. The van der Waals surface area contributed by atoms with Gasteiger partial charge in [0.15, 0.2) is 0 Å². The molecule has 0 radical (unpaired) electrons. The van der Waals surface area contributed by atoms with Crippen molar-refractivity contribution >= 4 is 53.8 Å². The Bertz CT molecular complexity index is 1880. The molecule has 35 heavy (non-hydrogen) atoms. The largest absolute Gasteiger partial charge is 0.440 e. The minimum atomic E-state index is -3.60. The zero-order valence-electron chi connectivity index (χ0n) is 18.9. The second-order valence-corrected chi connectivity index (χ2v) is 10.2. The predicted octanol–water partition coefficient (Wildman–Crippen LogP) is 5.49. The fraction of sp³-hybridized carbons (Fsp3) is 0.107. The van der Waals surface area contributed by atoms with E-state index in [1.807, 2.05) is 72.8 Å². The number of para-hydroxylation sites is 2. The Labute approximate surface area is 202 Å². The van der Waals surface area contributed by atoms with Crippen molar-refractivity contribution in [3.63, 3.8) is 0 Å². The Morgan fingerprint density at radius 1 is 0.829 bits per heavy atom. The molecule has 2 aromatic heterocycles. The molecule has 2 N–H and O–H groups in total. The van der Waals surface area contributed by atoms with E-state index in [0.29, 0.717) is 25.2 Å². The summed E-state index contributed by atoms with van der Waals surface area (Å²) in [6.07, 6.45) is 0.566. The second kappa shape index (κ2) is 8.69. The van der Waals surface area contributed by atoms with Crippen LogP contribution in [-0.2, 0) is 10.0 Å². The van der Waals surface area contributed by atoms with E-state index in [0.717, 1.165) is 43.4 Å². The van der Waals surface area contributed by atoms with Crippen LogP contribution >= 0.6 is 0 Å². The Morgan fingerprint density at radius 2 is 1.57 bits per heavy atom. The zero-order valence-corrected chi connectivity index (χ0v) is 19.7. The van der Waals surface area contributed by atoms with E-state index < -0.39 is 10.0 Å². The van der Waals surface area contributed by atoms with Crippen LogP contribution in [0.15, 0.2) is 105 Å². The highest BCUT2D eigenvalue weighted by Gasteiger charge is 2.14. The van der Waals surface area contributed by atoms with Crippen molar-refractivity contribution in [1.82, 2.24) is 9.71 Å². The lowest BCUT2D eigenvalue weighted by molar-refractivity contribution is 0.579. The highest BCUT2D eigenvalue weighted by molar-refractivity contribution is 7.89. The van der Waals surface area contributed by atoms with Crippen LogP contribution in [0.1, 0.15) is 6.42 Å². The van der Waals surface area contributed by atoms with Crippen LogP contribution in [0.4, 0.5) is 0 Å². The molecular weight excluding hydrogens is 458 g/mol. The molecular formula is C28H23N3O3S. The first-order valence-corrected chi connectivity index (χ1v) is 13.0. The van der Waals surface area contributed by atoms with Crippen LogP contribution in [-0.4, -0.2) is 26.5 Å². The third kappa shape index (κ3) is 3.99. The number of fused-ring (bicyclic) bond motifs is 5. The van der Waals surface area contributed by atoms with Gasteiger partial charge in [0, 0.05) is 29.4 Å². The number of aromatic nitrogens is 1. The molecule has 0 spiro atoms. The number of aromatic amines is 1.